The Hall–Kier alpha value is -3.52. The van der Waals surface area contributed by atoms with Crippen LogP contribution in [0.25, 0.3) is 11.1 Å². The van der Waals surface area contributed by atoms with E-state index in [1.54, 1.807) is 32.2 Å². The van der Waals surface area contributed by atoms with Crippen molar-refractivity contribution in [2.75, 3.05) is 25.8 Å². The van der Waals surface area contributed by atoms with E-state index in [1.807, 2.05) is 30.5 Å². The van der Waals surface area contributed by atoms with Crippen LogP contribution >= 0.6 is 11.3 Å². The molecule has 0 unspecified atom stereocenters. The summed E-state index contributed by atoms with van der Waals surface area (Å²) in [7, 11) is 1.58. The average molecular weight is 439 g/mol. The maximum Gasteiger partial charge on any atom is 0.341 e. The number of hydrogen-bond donors (Lipinski definition) is 1. The SMILES string of the molecule is CCOC(=O)c1c(-c2cc(C)ccc2OC)csc1NC(=O)c1ccc2c(c1)OCO2. The van der Waals surface area contributed by atoms with Crippen molar-refractivity contribution in [1.29, 1.82) is 0 Å². The van der Waals surface area contributed by atoms with Crippen molar-refractivity contribution in [2.45, 2.75) is 13.8 Å². The van der Waals surface area contributed by atoms with Gasteiger partial charge in [-0.2, -0.15) is 0 Å². The van der Waals surface area contributed by atoms with Gasteiger partial charge in [-0.15, -0.1) is 11.3 Å². The Morgan fingerprint density at radius 3 is 2.68 bits per heavy atom. The predicted octanol–water partition coefficient (Wildman–Crippen LogP) is 4.89. The largest absolute Gasteiger partial charge is 0.496 e. The maximum atomic E-state index is 12.9. The molecule has 1 aliphatic rings. The number of ether oxygens (including phenoxy) is 4. The van der Waals surface area contributed by atoms with Crippen molar-refractivity contribution in [3.63, 3.8) is 0 Å². The van der Waals surface area contributed by atoms with Gasteiger partial charge in [0.1, 0.15) is 16.3 Å². The number of fused-ring (bicyclic) bond motifs is 1. The lowest BCUT2D eigenvalue weighted by Gasteiger charge is -2.12. The highest BCUT2D eigenvalue weighted by molar-refractivity contribution is 7.15. The number of carbonyl (C=O) groups is 2. The molecule has 0 fully saturated rings. The standard InChI is InChI=1S/C23H21NO6S/c1-4-28-23(26)20-16(15-9-13(2)5-7-17(15)27-3)11-31-22(20)24-21(25)14-6-8-18-19(10-14)30-12-29-18/h5-11H,4,12H2,1-3H3,(H,24,25). The summed E-state index contributed by atoms with van der Waals surface area (Å²) < 4.78 is 21.4. The Morgan fingerprint density at radius 1 is 1.10 bits per heavy atom. The van der Waals surface area contributed by atoms with E-state index in [0.717, 1.165) is 11.1 Å². The first-order valence-electron chi connectivity index (χ1n) is 9.66. The van der Waals surface area contributed by atoms with Gasteiger partial charge in [0.15, 0.2) is 11.5 Å². The molecule has 1 aliphatic heterocycles. The van der Waals surface area contributed by atoms with Gasteiger partial charge in [0, 0.05) is 22.1 Å². The third kappa shape index (κ3) is 4.06. The third-order valence-corrected chi connectivity index (χ3v) is 5.67. The van der Waals surface area contributed by atoms with Gasteiger partial charge in [-0.25, -0.2) is 4.79 Å². The number of esters is 1. The maximum absolute atomic E-state index is 12.9. The molecular weight excluding hydrogens is 418 g/mol. The van der Waals surface area contributed by atoms with Crippen LogP contribution in [0.15, 0.2) is 41.8 Å². The Balaban J connectivity index is 1.72. The molecular formula is C23H21NO6S. The number of aryl methyl sites for hydroxylation is 1. The zero-order chi connectivity index (χ0) is 22.0. The molecule has 0 aliphatic carbocycles. The molecule has 0 saturated carbocycles. The van der Waals surface area contributed by atoms with Crippen LogP contribution in [0.3, 0.4) is 0 Å². The minimum Gasteiger partial charge on any atom is -0.496 e. The fraction of sp³-hybridized carbons (Fsp3) is 0.217. The van der Waals surface area contributed by atoms with Crippen LogP contribution in [0.4, 0.5) is 5.00 Å². The number of anilines is 1. The topological polar surface area (TPSA) is 83.1 Å². The first kappa shape index (κ1) is 20.7. The van der Waals surface area contributed by atoms with E-state index in [2.05, 4.69) is 5.32 Å². The van der Waals surface area contributed by atoms with Crippen LogP contribution in [0.1, 0.15) is 33.2 Å². The molecule has 31 heavy (non-hydrogen) atoms. The van der Waals surface area contributed by atoms with Crippen LogP contribution < -0.4 is 19.5 Å². The van der Waals surface area contributed by atoms with E-state index in [0.29, 0.717) is 38.9 Å². The summed E-state index contributed by atoms with van der Waals surface area (Å²) in [5.41, 5.74) is 3.10. The molecule has 1 aromatic heterocycles. The summed E-state index contributed by atoms with van der Waals surface area (Å²) in [6.07, 6.45) is 0. The number of nitrogens with one attached hydrogen (secondary N) is 1. The minimum absolute atomic E-state index is 0.125. The number of rotatable bonds is 6. The second-order valence-electron chi connectivity index (χ2n) is 6.80. The normalized spacial score (nSPS) is 11.8. The molecule has 1 N–H and O–H groups in total. The number of amides is 1. The number of benzene rings is 2. The number of thiophene rings is 1. The van der Waals surface area contributed by atoms with Crippen molar-refractivity contribution in [3.05, 3.63) is 58.5 Å². The monoisotopic (exact) mass is 439 g/mol. The third-order valence-electron chi connectivity index (χ3n) is 4.78. The predicted molar refractivity (Wildman–Crippen MR) is 118 cm³/mol. The van der Waals surface area contributed by atoms with Gasteiger partial charge in [-0.1, -0.05) is 11.6 Å². The Labute approximate surface area is 183 Å². The quantitative estimate of drug-likeness (QED) is 0.551. The molecule has 2 heterocycles. The molecule has 0 atom stereocenters. The first-order valence-corrected chi connectivity index (χ1v) is 10.5. The molecule has 7 nitrogen and oxygen atoms in total. The zero-order valence-electron chi connectivity index (χ0n) is 17.3. The van der Waals surface area contributed by atoms with Crippen LogP contribution in [0, 0.1) is 6.92 Å². The lowest BCUT2D eigenvalue weighted by Crippen LogP contribution is -2.15. The van der Waals surface area contributed by atoms with E-state index in [-0.39, 0.29) is 19.3 Å². The Kier molecular flexibility index (Phi) is 5.81. The first-order chi connectivity index (χ1) is 15.0. The Bertz CT molecular complexity index is 1150. The molecule has 8 heteroatoms. The number of carbonyl (C=O) groups excluding carboxylic acids is 2. The lowest BCUT2D eigenvalue weighted by molar-refractivity contribution is 0.0529. The van der Waals surface area contributed by atoms with Gasteiger partial charge in [-0.05, 0) is 44.2 Å². The molecule has 4 rings (SSSR count). The Morgan fingerprint density at radius 2 is 1.90 bits per heavy atom. The van der Waals surface area contributed by atoms with Gasteiger partial charge in [0.25, 0.3) is 5.91 Å². The van der Waals surface area contributed by atoms with Gasteiger partial charge in [0.05, 0.1) is 13.7 Å². The number of hydrogen-bond acceptors (Lipinski definition) is 7. The van der Waals surface area contributed by atoms with Crippen molar-refractivity contribution < 1.29 is 28.5 Å². The van der Waals surface area contributed by atoms with Gasteiger partial charge < -0.3 is 24.3 Å². The van der Waals surface area contributed by atoms with E-state index in [1.165, 1.54) is 11.3 Å². The second kappa shape index (κ2) is 8.69. The lowest BCUT2D eigenvalue weighted by atomic mass is 10.0. The van der Waals surface area contributed by atoms with Crippen molar-refractivity contribution in [3.8, 4) is 28.4 Å². The fourth-order valence-electron chi connectivity index (χ4n) is 3.30. The summed E-state index contributed by atoms with van der Waals surface area (Å²) in [6.45, 7) is 4.04. The molecule has 0 saturated heterocycles. The van der Waals surface area contributed by atoms with Crippen LogP contribution in [-0.2, 0) is 4.74 Å². The molecule has 160 valence electrons. The van der Waals surface area contributed by atoms with E-state index in [4.69, 9.17) is 18.9 Å². The van der Waals surface area contributed by atoms with Crippen LogP contribution in [0.2, 0.25) is 0 Å². The smallest absolute Gasteiger partial charge is 0.341 e. The zero-order valence-corrected chi connectivity index (χ0v) is 18.1. The molecule has 0 spiro atoms. The van der Waals surface area contributed by atoms with E-state index >= 15 is 0 Å². The average Bonchev–Trinajstić information content (AvgIpc) is 3.40. The van der Waals surface area contributed by atoms with E-state index in [9.17, 15) is 9.59 Å². The molecule has 2 aromatic carbocycles. The molecule has 0 radical (unpaired) electrons. The van der Waals surface area contributed by atoms with Crippen LogP contribution in [0.5, 0.6) is 17.2 Å². The van der Waals surface area contributed by atoms with Gasteiger partial charge in [0.2, 0.25) is 6.79 Å². The molecule has 3 aromatic rings. The molecule has 1 amide bonds. The van der Waals surface area contributed by atoms with E-state index < -0.39 is 5.97 Å². The van der Waals surface area contributed by atoms with Gasteiger partial charge in [-0.3, -0.25) is 4.79 Å². The fourth-order valence-corrected chi connectivity index (χ4v) is 4.24. The summed E-state index contributed by atoms with van der Waals surface area (Å²) in [5, 5.41) is 5.06. The summed E-state index contributed by atoms with van der Waals surface area (Å²) in [4.78, 5) is 25.7. The second-order valence-corrected chi connectivity index (χ2v) is 7.68. The minimum atomic E-state index is -0.511. The van der Waals surface area contributed by atoms with Crippen molar-refractivity contribution in [2.24, 2.45) is 0 Å². The molecule has 0 bridgehead atoms. The highest BCUT2D eigenvalue weighted by Gasteiger charge is 2.25. The van der Waals surface area contributed by atoms with Gasteiger partial charge >= 0.3 is 5.97 Å². The van der Waals surface area contributed by atoms with Crippen LogP contribution in [-0.4, -0.2) is 32.4 Å². The highest BCUT2D eigenvalue weighted by Crippen LogP contribution is 2.41. The van der Waals surface area contributed by atoms with Crippen molar-refractivity contribution in [1.82, 2.24) is 0 Å². The summed E-state index contributed by atoms with van der Waals surface area (Å²) >= 11 is 1.25. The summed E-state index contributed by atoms with van der Waals surface area (Å²) in [5.74, 6) is 0.850. The highest BCUT2D eigenvalue weighted by atomic mass is 32.1. The summed E-state index contributed by atoms with van der Waals surface area (Å²) in [6, 6.07) is 10.7. The number of methoxy groups -OCH3 is 1. The van der Waals surface area contributed by atoms with Crippen molar-refractivity contribution >= 4 is 28.2 Å².